The van der Waals surface area contributed by atoms with Gasteiger partial charge in [0.05, 0.1) is 36.3 Å². The average molecular weight is 490 g/mol. The fourth-order valence-electron chi connectivity index (χ4n) is 3.58. The van der Waals surface area contributed by atoms with E-state index < -0.39 is 27.4 Å². The summed E-state index contributed by atoms with van der Waals surface area (Å²) in [5.74, 6) is -0.652. The number of morpholine rings is 1. The number of nitrogens with one attached hydrogen (secondary N) is 1. The highest BCUT2D eigenvalue weighted by Crippen LogP contribution is 2.26. The van der Waals surface area contributed by atoms with Gasteiger partial charge in [0.2, 0.25) is 10.0 Å². The Hall–Kier alpha value is -3.51. The third kappa shape index (κ3) is 6.08. The maximum absolute atomic E-state index is 12.6. The first-order chi connectivity index (χ1) is 16.1. The topological polar surface area (TPSA) is 134 Å². The van der Waals surface area contributed by atoms with Gasteiger partial charge < -0.3 is 9.64 Å². The zero-order valence-electron chi connectivity index (χ0n) is 19.2. The van der Waals surface area contributed by atoms with E-state index in [-0.39, 0.29) is 5.69 Å². The Balaban J connectivity index is 1.79. The molecule has 0 aromatic heterocycles. The zero-order chi connectivity index (χ0) is 24.9. The van der Waals surface area contributed by atoms with Crippen molar-refractivity contribution in [3.05, 3.63) is 63.2 Å². The van der Waals surface area contributed by atoms with Crippen LogP contribution in [0, 0.1) is 24.0 Å². The normalized spacial score (nSPS) is 14.3. The number of hydrazone groups is 1. The second-order valence-corrected chi connectivity index (χ2v) is 9.79. The summed E-state index contributed by atoms with van der Waals surface area (Å²) in [5, 5.41) is 15.2. The number of sulfonamides is 1. The van der Waals surface area contributed by atoms with Crippen molar-refractivity contribution in [3.63, 3.8) is 0 Å². The van der Waals surface area contributed by atoms with E-state index in [0.717, 1.165) is 27.4 Å². The van der Waals surface area contributed by atoms with Crippen LogP contribution < -0.4 is 14.6 Å². The number of benzene rings is 2. The minimum absolute atomic E-state index is 0.108. The van der Waals surface area contributed by atoms with Crippen LogP contribution in [-0.4, -0.2) is 64.6 Å². The van der Waals surface area contributed by atoms with Crippen LogP contribution >= 0.6 is 0 Å². The summed E-state index contributed by atoms with van der Waals surface area (Å²) >= 11 is 0. The lowest BCUT2D eigenvalue weighted by atomic mass is 10.1. The van der Waals surface area contributed by atoms with E-state index in [0.29, 0.717) is 37.6 Å². The molecule has 2 aromatic carbocycles. The third-order valence-electron chi connectivity index (χ3n) is 5.50. The molecule has 0 bridgehead atoms. The van der Waals surface area contributed by atoms with Crippen molar-refractivity contribution in [3.8, 4) is 0 Å². The maximum atomic E-state index is 12.6. The molecule has 2 aromatic rings. The van der Waals surface area contributed by atoms with Crippen molar-refractivity contribution in [2.24, 2.45) is 5.10 Å². The predicted molar refractivity (Wildman–Crippen MR) is 130 cm³/mol. The van der Waals surface area contributed by atoms with Gasteiger partial charge in [-0.15, -0.1) is 0 Å². The molecule has 1 aliphatic rings. The summed E-state index contributed by atoms with van der Waals surface area (Å²) in [6, 6.07) is 9.64. The second kappa shape index (κ2) is 10.6. The monoisotopic (exact) mass is 489 g/mol. The number of carbonyl (C=O) groups excluding carboxylic acids is 1. The van der Waals surface area contributed by atoms with Crippen LogP contribution in [0.1, 0.15) is 16.7 Å². The first kappa shape index (κ1) is 25.1. The van der Waals surface area contributed by atoms with E-state index in [9.17, 15) is 23.3 Å². The Kier molecular flexibility index (Phi) is 7.84. The minimum Gasteiger partial charge on any atom is -0.378 e. The van der Waals surface area contributed by atoms with Gasteiger partial charge in [0.15, 0.2) is 0 Å². The van der Waals surface area contributed by atoms with E-state index in [2.05, 4.69) is 10.5 Å². The molecule has 1 amide bonds. The molecule has 0 unspecified atom stereocenters. The Labute approximate surface area is 198 Å². The zero-order valence-corrected chi connectivity index (χ0v) is 20.0. The molecule has 1 saturated heterocycles. The quantitative estimate of drug-likeness (QED) is 0.340. The predicted octanol–water partition coefficient (Wildman–Crippen LogP) is 1.96. The van der Waals surface area contributed by atoms with Crippen LogP contribution in [-0.2, 0) is 19.6 Å². The summed E-state index contributed by atoms with van der Waals surface area (Å²) in [5.41, 5.74) is 5.44. The molecule has 0 saturated carbocycles. The number of nitrogens with zero attached hydrogens (tertiary/aromatic N) is 4. The Morgan fingerprint density at radius 1 is 1.26 bits per heavy atom. The second-order valence-electron chi connectivity index (χ2n) is 7.88. The number of non-ortho nitro benzene ring substituents is 1. The van der Waals surface area contributed by atoms with Gasteiger partial charge in [-0.05, 0) is 37.1 Å². The molecule has 1 fully saturated rings. The van der Waals surface area contributed by atoms with Gasteiger partial charge in [-0.1, -0.05) is 12.1 Å². The maximum Gasteiger partial charge on any atom is 0.270 e. The lowest BCUT2D eigenvalue weighted by Gasteiger charge is -2.29. The molecule has 0 spiro atoms. The van der Waals surface area contributed by atoms with Gasteiger partial charge in [-0.25, -0.2) is 13.8 Å². The van der Waals surface area contributed by atoms with E-state index in [1.165, 1.54) is 18.3 Å². The molecule has 3 rings (SSSR count). The highest BCUT2D eigenvalue weighted by atomic mass is 32.2. The first-order valence-corrected chi connectivity index (χ1v) is 12.4. The lowest BCUT2D eigenvalue weighted by Crippen LogP contribution is -2.39. The summed E-state index contributed by atoms with van der Waals surface area (Å²) < 4.78 is 31.1. The Morgan fingerprint density at radius 3 is 2.62 bits per heavy atom. The number of hydrogen-bond donors (Lipinski definition) is 1. The van der Waals surface area contributed by atoms with Crippen molar-refractivity contribution < 1.29 is 22.9 Å². The lowest BCUT2D eigenvalue weighted by molar-refractivity contribution is -0.384. The molecule has 0 atom stereocenters. The van der Waals surface area contributed by atoms with E-state index >= 15 is 0 Å². The van der Waals surface area contributed by atoms with Crippen molar-refractivity contribution >= 4 is 39.2 Å². The van der Waals surface area contributed by atoms with Gasteiger partial charge >= 0.3 is 0 Å². The Morgan fingerprint density at radius 2 is 1.97 bits per heavy atom. The summed E-state index contributed by atoms with van der Waals surface area (Å²) in [7, 11) is -3.74. The van der Waals surface area contributed by atoms with E-state index in [1.807, 2.05) is 17.9 Å². The van der Waals surface area contributed by atoms with Gasteiger partial charge in [0, 0.05) is 36.5 Å². The van der Waals surface area contributed by atoms with Crippen LogP contribution in [0.15, 0.2) is 41.5 Å². The molecule has 182 valence electrons. The van der Waals surface area contributed by atoms with Crippen molar-refractivity contribution in [2.45, 2.75) is 13.8 Å². The van der Waals surface area contributed by atoms with Crippen LogP contribution in [0.5, 0.6) is 0 Å². The average Bonchev–Trinajstić information content (AvgIpc) is 2.79. The Bertz CT molecular complexity index is 1210. The molecular weight excluding hydrogens is 462 g/mol. The molecule has 1 heterocycles. The number of rotatable bonds is 8. The highest BCUT2D eigenvalue weighted by Gasteiger charge is 2.23. The number of anilines is 2. The molecule has 1 N–H and O–H groups in total. The number of ether oxygens (including phenoxy) is 1. The van der Waals surface area contributed by atoms with Crippen molar-refractivity contribution in [1.82, 2.24) is 5.43 Å². The number of nitro groups is 1. The molecule has 12 heteroatoms. The number of nitro benzene ring substituents is 1. The van der Waals surface area contributed by atoms with Crippen LogP contribution in [0.25, 0.3) is 0 Å². The van der Waals surface area contributed by atoms with Crippen LogP contribution in [0.4, 0.5) is 17.1 Å². The highest BCUT2D eigenvalue weighted by molar-refractivity contribution is 7.92. The fourth-order valence-corrected chi connectivity index (χ4v) is 4.48. The SMILES string of the molecule is Cc1cccc(N(CC(=O)N/N=C\c2cc([N+](=O)[O-])ccc2N2CCOCC2)S(C)(=O)=O)c1C. The van der Waals surface area contributed by atoms with Gasteiger partial charge in [-0.3, -0.25) is 19.2 Å². The van der Waals surface area contributed by atoms with E-state index in [4.69, 9.17) is 4.74 Å². The molecule has 0 radical (unpaired) electrons. The van der Waals surface area contributed by atoms with Crippen LogP contribution in [0.2, 0.25) is 0 Å². The molecule has 34 heavy (non-hydrogen) atoms. The van der Waals surface area contributed by atoms with E-state index in [1.54, 1.807) is 25.1 Å². The molecule has 0 aliphatic carbocycles. The van der Waals surface area contributed by atoms with Crippen LogP contribution in [0.3, 0.4) is 0 Å². The summed E-state index contributed by atoms with van der Waals surface area (Å²) in [4.78, 5) is 25.3. The third-order valence-corrected chi connectivity index (χ3v) is 6.63. The number of carbonyl (C=O) groups is 1. The van der Waals surface area contributed by atoms with Crippen molar-refractivity contribution in [1.29, 1.82) is 0 Å². The number of aryl methyl sites for hydroxylation is 1. The minimum atomic E-state index is -3.74. The van der Waals surface area contributed by atoms with Gasteiger partial charge in [0.25, 0.3) is 11.6 Å². The smallest absolute Gasteiger partial charge is 0.270 e. The number of amides is 1. The van der Waals surface area contributed by atoms with Gasteiger partial charge in [-0.2, -0.15) is 5.10 Å². The standard InChI is InChI=1S/C22H27N5O6S/c1-16-5-4-6-20(17(16)2)26(34(3,31)32)15-22(28)24-23-14-18-13-19(27(29)30)7-8-21(18)25-9-11-33-12-10-25/h4-8,13-14H,9-12,15H2,1-3H3,(H,24,28)/b23-14-. The molecule has 11 nitrogen and oxygen atoms in total. The number of hydrogen-bond acceptors (Lipinski definition) is 8. The van der Waals surface area contributed by atoms with Crippen molar-refractivity contribution in [2.75, 3.05) is 48.3 Å². The van der Waals surface area contributed by atoms with Gasteiger partial charge in [0.1, 0.15) is 6.54 Å². The molecular formula is C22H27N5O6S. The first-order valence-electron chi connectivity index (χ1n) is 10.5. The fraction of sp³-hybridized carbons (Fsp3) is 0.364. The summed E-state index contributed by atoms with van der Waals surface area (Å²) in [6.07, 6.45) is 2.35. The molecule has 1 aliphatic heterocycles. The summed E-state index contributed by atoms with van der Waals surface area (Å²) in [6.45, 7) is 5.47. The largest absolute Gasteiger partial charge is 0.378 e.